The van der Waals surface area contributed by atoms with Crippen LogP contribution in [0.2, 0.25) is 0 Å². The van der Waals surface area contributed by atoms with Crippen molar-refractivity contribution in [3.05, 3.63) is 0 Å². The van der Waals surface area contributed by atoms with Crippen molar-refractivity contribution in [1.29, 1.82) is 0 Å². The predicted molar refractivity (Wildman–Crippen MR) is 139 cm³/mol. The minimum atomic E-state index is -0.711. The van der Waals surface area contributed by atoms with Crippen LogP contribution in [0.5, 0.6) is 0 Å². The number of imide groups is 1. The van der Waals surface area contributed by atoms with E-state index >= 15 is 0 Å². The average Bonchev–Trinajstić information content (AvgIpc) is 3.01. The first-order valence-electron chi connectivity index (χ1n) is 13.0. The molecule has 2 N–H and O–H groups in total. The van der Waals surface area contributed by atoms with Crippen molar-refractivity contribution < 1.29 is 38.2 Å². The molecule has 1 rings (SSSR count). The maximum absolute atomic E-state index is 12.6. The zero-order chi connectivity index (χ0) is 29.1. The van der Waals surface area contributed by atoms with Crippen molar-refractivity contribution in [2.24, 2.45) is 0 Å². The molecule has 1 saturated heterocycles. The fourth-order valence-electron chi connectivity index (χ4n) is 3.72. The number of Topliss-reactive ketones (excluding diaryl/α,β-unsaturated/α-hetero) is 2. The summed E-state index contributed by atoms with van der Waals surface area (Å²) >= 11 is 0. The van der Waals surface area contributed by atoms with Gasteiger partial charge < -0.3 is 25.0 Å². The number of nitrogens with zero attached hydrogens (tertiary/aromatic N) is 2. The number of alkyl carbamates (subject to hydrolysis) is 1. The lowest BCUT2D eigenvalue weighted by Gasteiger charge is -2.27. The third-order valence-electron chi connectivity index (χ3n) is 5.63. The highest BCUT2D eigenvalue weighted by Gasteiger charge is 2.37. The topological polar surface area (TPSA) is 151 Å². The number of nitrogens with one attached hydrogen (secondary N) is 2. The first-order chi connectivity index (χ1) is 17.5. The molecule has 0 bridgehead atoms. The van der Waals surface area contributed by atoms with Gasteiger partial charge in [-0.15, -0.1) is 0 Å². The van der Waals surface area contributed by atoms with Crippen molar-refractivity contribution >= 4 is 35.5 Å². The second-order valence-corrected chi connectivity index (χ2v) is 11.2. The van der Waals surface area contributed by atoms with Gasteiger partial charge >= 0.3 is 12.1 Å². The van der Waals surface area contributed by atoms with Gasteiger partial charge in [0.15, 0.2) is 0 Å². The Morgan fingerprint density at radius 1 is 1.00 bits per heavy atom. The van der Waals surface area contributed by atoms with Crippen LogP contribution in [-0.2, 0) is 28.7 Å². The van der Waals surface area contributed by atoms with Gasteiger partial charge in [0.1, 0.15) is 23.2 Å². The van der Waals surface area contributed by atoms with Crippen LogP contribution < -0.4 is 10.6 Å². The molecule has 38 heavy (non-hydrogen) atoms. The highest BCUT2D eigenvalue weighted by molar-refractivity contribution is 6.04. The summed E-state index contributed by atoms with van der Waals surface area (Å²) in [7, 11) is 0. The molecular weight excluding hydrogens is 496 g/mol. The second-order valence-electron chi connectivity index (χ2n) is 11.2. The summed E-state index contributed by atoms with van der Waals surface area (Å²) in [6.07, 6.45) is 1.35. The first-order valence-corrected chi connectivity index (χ1v) is 13.0. The molecule has 1 fully saturated rings. The SMILES string of the molecule is CC(=O)CN(CC(C)=O)C(=O)CCN1C(=O)NC(CCCCNC(=O)OC(C)(C)CCOC(C)(C)C)C1=O. The highest BCUT2D eigenvalue weighted by atomic mass is 16.6. The van der Waals surface area contributed by atoms with Crippen molar-refractivity contribution in [3.8, 4) is 0 Å². The number of hydrogen-bond donors (Lipinski definition) is 2. The summed E-state index contributed by atoms with van der Waals surface area (Å²) in [6, 6.07) is -1.30. The Kier molecular flexibility index (Phi) is 12.9. The van der Waals surface area contributed by atoms with Crippen LogP contribution in [0.3, 0.4) is 0 Å². The number of carbonyl (C=O) groups is 6. The van der Waals surface area contributed by atoms with Crippen molar-refractivity contribution in [3.63, 3.8) is 0 Å². The van der Waals surface area contributed by atoms with Crippen LogP contribution >= 0.6 is 0 Å². The Balaban J connectivity index is 2.38. The van der Waals surface area contributed by atoms with Crippen molar-refractivity contribution in [1.82, 2.24) is 20.4 Å². The maximum Gasteiger partial charge on any atom is 0.407 e. The summed E-state index contributed by atoms with van der Waals surface area (Å²) in [5.74, 6) is -1.46. The van der Waals surface area contributed by atoms with Gasteiger partial charge in [-0.1, -0.05) is 0 Å². The number of ketones is 2. The van der Waals surface area contributed by atoms with Gasteiger partial charge in [0.05, 0.1) is 25.3 Å². The quantitative estimate of drug-likeness (QED) is 0.223. The molecule has 0 spiro atoms. The highest BCUT2D eigenvalue weighted by Crippen LogP contribution is 2.17. The molecule has 0 aromatic rings. The van der Waals surface area contributed by atoms with E-state index < -0.39 is 35.6 Å². The third kappa shape index (κ3) is 13.0. The van der Waals surface area contributed by atoms with Gasteiger partial charge in [-0.25, -0.2) is 9.59 Å². The lowest BCUT2D eigenvalue weighted by atomic mass is 10.1. The first kappa shape index (κ1) is 33.0. The molecular formula is C26H44N4O8. The zero-order valence-electron chi connectivity index (χ0n) is 23.8. The fraction of sp³-hybridized carbons (Fsp3) is 0.769. The lowest BCUT2D eigenvalue weighted by molar-refractivity contribution is -0.138. The van der Waals surface area contributed by atoms with Gasteiger partial charge in [-0.2, -0.15) is 0 Å². The largest absolute Gasteiger partial charge is 0.443 e. The van der Waals surface area contributed by atoms with E-state index in [0.717, 1.165) is 9.80 Å². The Morgan fingerprint density at radius 3 is 2.16 bits per heavy atom. The van der Waals surface area contributed by atoms with Gasteiger partial charge in [0, 0.05) is 25.9 Å². The number of rotatable bonds is 16. The van der Waals surface area contributed by atoms with Gasteiger partial charge in [0.2, 0.25) is 5.91 Å². The summed E-state index contributed by atoms with van der Waals surface area (Å²) in [5.41, 5.74) is -0.948. The third-order valence-corrected chi connectivity index (χ3v) is 5.63. The number of unbranched alkanes of at least 4 members (excludes halogenated alkanes) is 1. The molecule has 0 radical (unpaired) electrons. The van der Waals surface area contributed by atoms with Gasteiger partial charge in [-0.05, 0) is 67.7 Å². The molecule has 0 aromatic heterocycles. The Hall–Kier alpha value is -3.02. The van der Waals surface area contributed by atoms with Crippen LogP contribution in [-0.4, -0.2) is 95.3 Å². The van der Waals surface area contributed by atoms with Crippen LogP contribution in [0.1, 0.15) is 80.6 Å². The molecule has 5 amide bonds. The Labute approximate surface area is 225 Å². The monoisotopic (exact) mass is 540 g/mol. The summed E-state index contributed by atoms with van der Waals surface area (Å²) in [5, 5.41) is 5.31. The number of hydrogen-bond acceptors (Lipinski definition) is 8. The van der Waals surface area contributed by atoms with Crippen LogP contribution in [0.25, 0.3) is 0 Å². The van der Waals surface area contributed by atoms with Crippen LogP contribution in [0.4, 0.5) is 9.59 Å². The summed E-state index contributed by atoms with van der Waals surface area (Å²) in [4.78, 5) is 74.3. The number of ether oxygens (including phenoxy) is 2. The Morgan fingerprint density at radius 2 is 1.61 bits per heavy atom. The molecule has 12 nitrogen and oxygen atoms in total. The summed E-state index contributed by atoms with van der Waals surface area (Å²) in [6.45, 7) is 12.4. The van der Waals surface area contributed by atoms with Crippen LogP contribution in [0.15, 0.2) is 0 Å². The molecule has 1 heterocycles. The normalized spacial score (nSPS) is 15.8. The summed E-state index contributed by atoms with van der Waals surface area (Å²) < 4.78 is 11.1. The molecule has 216 valence electrons. The second kappa shape index (κ2) is 14.8. The molecule has 1 aliphatic heterocycles. The van der Waals surface area contributed by atoms with E-state index in [1.807, 2.05) is 34.6 Å². The van der Waals surface area contributed by atoms with Crippen LogP contribution in [0, 0.1) is 0 Å². The Bertz CT molecular complexity index is 865. The molecule has 1 aliphatic rings. The molecule has 0 saturated carbocycles. The van der Waals surface area contributed by atoms with Gasteiger partial charge in [-0.3, -0.25) is 24.1 Å². The minimum Gasteiger partial charge on any atom is -0.443 e. The van der Waals surface area contributed by atoms with Gasteiger partial charge in [0.25, 0.3) is 5.91 Å². The molecule has 0 aliphatic carbocycles. The van der Waals surface area contributed by atoms with E-state index in [4.69, 9.17) is 9.47 Å². The number of amides is 5. The smallest absolute Gasteiger partial charge is 0.407 e. The van der Waals surface area contributed by atoms with E-state index in [1.165, 1.54) is 13.8 Å². The standard InChI is InChI=1S/C26H44N4O8/c1-18(31)16-29(17-19(2)32)21(33)11-14-30-22(34)20(28-23(30)35)10-8-9-13-27-24(36)38-26(6,7)12-15-37-25(3,4)5/h20H,8-17H2,1-7H3,(H,27,36)(H,28,35). The maximum atomic E-state index is 12.6. The molecule has 12 heteroatoms. The minimum absolute atomic E-state index is 0.143. The average molecular weight is 541 g/mol. The van der Waals surface area contributed by atoms with E-state index in [1.54, 1.807) is 0 Å². The van der Waals surface area contributed by atoms with Crippen molar-refractivity contribution in [2.75, 3.05) is 32.8 Å². The zero-order valence-corrected chi connectivity index (χ0v) is 23.8. The number of urea groups is 1. The van der Waals surface area contributed by atoms with Crippen molar-refractivity contribution in [2.45, 2.75) is 97.8 Å². The molecule has 1 unspecified atom stereocenters. The van der Waals surface area contributed by atoms with E-state index in [9.17, 15) is 28.8 Å². The van der Waals surface area contributed by atoms with E-state index in [0.29, 0.717) is 38.8 Å². The van der Waals surface area contributed by atoms with E-state index in [-0.39, 0.29) is 43.2 Å². The fourth-order valence-corrected chi connectivity index (χ4v) is 3.72. The molecule has 1 atom stereocenters. The molecule has 0 aromatic carbocycles. The predicted octanol–water partition coefficient (Wildman–Crippen LogP) is 2.18. The lowest BCUT2D eigenvalue weighted by Crippen LogP contribution is -2.41. The van der Waals surface area contributed by atoms with E-state index in [2.05, 4.69) is 10.6 Å². The number of carbonyl (C=O) groups excluding carboxylic acids is 6.